The van der Waals surface area contributed by atoms with E-state index < -0.39 is 35.1 Å². The molecule has 1 N–H and O–H groups in total. The van der Waals surface area contributed by atoms with E-state index in [9.17, 15) is 23.9 Å². The lowest BCUT2D eigenvalue weighted by atomic mass is 9.94. The van der Waals surface area contributed by atoms with Crippen LogP contribution in [0.1, 0.15) is 23.6 Å². The fraction of sp³-hybridized carbons (Fsp3) is 0.292. The third-order valence-electron chi connectivity index (χ3n) is 5.81. The summed E-state index contributed by atoms with van der Waals surface area (Å²) >= 11 is 0. The van der Waals surface area contributed by atoms with E-state index in [1.807, 2.05) is 19.0 Å². The minimum Gasteiger partial charge on any atom is -0.507 e. The number of halogens is 1. The Bertz CT molecular complexity index is 1340. The number of hydrogen-bond donors (Lipinski definition) is 1. The van der Waals surface area contributed by atoms with Gasteiger partial charge in [0.15, 0.2) is 5.58 Å². The van der Waals surface area contributed by atoms with Crippen molar-refractivity contribution in [2.24, 2.45) is 7.05 Å². The molecule has 1 atom stereocenters. The summed E-state index contributed by atoms with van der Waals surface area (Å²) in [5, 5.41) is 11.1. The predicted molar refractivity (Wildman–Crippen MR) is 120 cm³/mol. The standard InChI is InChI=1S/C24H24FN3O5/c1-26(2)11-6-12-28-20(15-7-4-5-8-16(15)25)19(22(30)23(28)31)21(29)14-9-10-17-18(13-14)33-24(32)27(17)3/h4-5,7-10,13,20,29H,6,11-12H2,1-3H3/b21-19+/t20-/m1/s1. The second kappa shape index (κ2) is 8.67. The van der Waals surface area contributed by atoms with E-state index in [0.29, 0.717) is 18.5 Å². The number of hydrogen-bond acceptors (Lipinski definition) is 6. The smallest absolute Gasteiger partial charge is 0.419 e. The van der Waals surface area contributed by atoms with Crippen LogP contribution in [0.15, 0.2) is 57.2 Å². The molecule has 0 saturated carbocycles. The summed E-state index contributed by atoms with van der Waals surface area (Å²) in [5.74, 6) is -3.30. The molecule has 172 valence electrons. The predicted octanol–water partition coefficient (Wildman–Crippen LogP) is 2.64. The van der Waals surface area contributed by atoms with Crippen molar-refractivity contribution in [1.29, 1.82) is 0 Å². The average molecular weight is 453 g/mol. The first-order valence-electron chi connectivity index (χ1n) is 10.5. The quantitative estimate of drug-likeness (QED) is 0.350. The topological polar surface area (TPSA) is 96.0 Å². The highest BCUT2D eigenvalue weighted by Gasteiger charge is 2.46. The van der Waals surface area contributed by atoms with Gasteiger partial charge in [-0.3, -0.25) is 14.2 Å². The molecular weight excluding hydrogens is 429 g/mol. The van der Waals surface area contributed by atoms with E-state index in [1.165, 1.54) is 39.8 Å². The lowest BCUT2D eigenvalue weighted by Gasteiger charge is -2.26. The van der Waals surface area contributed by atoms with Crippen molar-refractivity contribution in [2.75, 3.05) is 27.2 Å². The Kier molecular flexibility index (Phi) is 5.90. The summed E-state index contributed by atoms with van der Waals surface area (Å²) in [7, 11) is 5.33. The van der Waals surface area contributed by atoms with Crippen molar-refractivity contribution in [2.45, 2.75) is 12.5 Å². The summed E-state index contributed by atoms with van der Waals surface area (Å²) in [5.41, 5.74) is 0.827. The highest BCUT2D eigenvalue weighted by Crippen LogP contribution is 2.40. The molecule has 0 aliphatic carbocycles. The molecule has 3 aromatic rings. The molecule has 1 aliphatic rings. The molecule has 9 heteroatoms. The maximum absolute atomic E-state index is 14.8. The fourth-order valence-corrected chi connectivity index (χ4v) is 4.12. The molecule has 1 aromatic heterocycles. The van der Waals surface area contributed by atoms with E-state index in [2.05, 4.69) is 0 Å². The zero-order valence-electron chi connectivity index (χ0n) is 18.5. The number of aromatic nitrogens is 1. The SMILES string of the molecule is CN(C)CCCN1C(=O)C(=O)/C(=C(/O)c2ccc3c(c2)oc(=O)n3C)[C@H]1c1ccccc1F. The van der Waals surface area contributed by atoms with Gasteiger partial charge >= 0.3 is 5.76 Å². The molecule has 1 amide bonds. The Morgan fingerprint density at radius 3 is 2.58 bits per heavy atom. The Morgan fingerprint density at radius 1 is 1.15 bits per heavy atom. The van der Waals surface area contributed by atoms with Crippen molar-refractivity contribution < 1.29 is 23.5 Å². The van der Waals surface area contributed by atoms with Crippen LogP contribution in [0.4, 0.5) is 4.39 Å². The summed E-state index contributed by atoms with van der Waals surface area (Å²) < 4.78 is 21.3. The average Bonchev–Trinajstić information content (AvgIpc) is 3.20. The molecule has 4 rings (SSSR count). The van der Waals surface area contributed by atoms with Crippen LogP contribution in [0.25, 0.3) is 16.9 Å². The number of aliphatic hydroxyl groups excluding tert-OH is 1. The first-order chi connectivity index (χ1) is 15.7. The van der Waals surface area contributed by atoms with Crippen LogP contribution in [0, 0.1) is 5.82 Å². The van der Waals surface area contributed by atoms with Gasteiger partial charge < -0.3 is 19.3 Å². The maximum Gasteiger partial charge on any atom is 0.419 e. The molecule has 1 fully saturated rings. The van der Waals surface area contributed by atoms with Crippen molar-refractivity contribution in [3.05, 3.63) is 75.5 Å². The number of likely N-dealkylation sites (tertiary alicyclic amines) is 1. The number of aliphatic hydroxyl groups is 1. The van der Waals surface area contributed by atoms with Crippen LogP contribution in [0.3, 0.4) is 0 Å². The number of aryl methyl sites for hydroxylation is 1. The Hall–Kier alpha value is -3.72. The third-order valence-corrected chi connectivity index (χ3v) is 5.81. The number of oxazole rings is 1. The van der Waals surface area contributed by atoms with Gasteiger partial charge in [0.1, 0.15) is 11.6 Å². The Labute approximate surface area is 189 Å². The van der Waals surface area contributed by atoms with E-state index >= 15 is 0 Å². The maximum atomic E-state index is 14.8. The molecule has 2 heterocycles. The zero-order chi connectivity index (χ0) is 23.9. The van der Waals surface area contributed by atoms with Crippen molar-refractivity contribution in [1.82, 2.24) is 14.4 Å². The number of fused-ring (bicyclic) bond motifs is 1. The van der Waals surface area contributed by atoms with Gasteiger partial charge in [-0.15, -0.1) is 0 Å². The highest BCUT2D eigenvalue weighted by molar-refractivity contribution is 6.46. The van der Waals surface area contributed by atoms with Gasteiger partial charge in [-0.25, -0.2) is 9.18 Å². The molecule has 0 spiro atoms. The lowest BCUT2D eigenvalue weighted by Crippen LogP contribution is -2.32. The van der Waals surface area contributed by atoms with Crippen LogP contribution in [-0.2, 0) is 16.6 Å². The number of rotatable bonds is 6. The number of benzene rings is 2. The van der Waals surface area contributed by atoms with Crippen molar-refractivity contribution in [3.63, 3.8) is 0 Å². The molecule has 1 saturated heterocycles. The molecule has 0 radical (unpaired) electrons. The fourth-order valence-electron chi connectivity index (χ4n) is 4.12. The lowest BCUT2D eigenvalue weighted by molar-refractivity contribution is -0.140. The van der Waals surface area contributed by atoms with Crippen LogP contribution < -0.4 is 5.76 Å². The molecule has 2 aromatic carbocycles. The van der Waals surface area contributed by atoms with E-state index in [0.717, 1.165) is 0 Å². The number of Topliss-reactive ketones (excluding diaryl/α,β-unsaturated/α-hetero) is 1. The molecular formula is C24H24FN3O5. The van der Waals surface area contributed by atoms with Gasteiger partial charge in [0.2, 0.25) is 0 Å². The van der Waals surface area contributed by atoms with Gasteiger partial charge in [-0.05, 0) is 51.3 Å². The number of ketones is 1. The molecule has 33 heavy (non-hydrogen) atoms. The van der Waals surface area contributed by atoms with Crippen LogP contribution in [-0.4, -0.2) is 58.3 Å². The second-order valence-electron chi connectivity index (χ2n) is 8.28. The molecule has 8 nitrogen and oxygen atoms in total. The Morgan fingerprint density at radius 2 is 1.88 bits per heavy atom. The van der Waals surface area contributed by atoms with E-state index in [-0.39, 0.29) is 28.8 Å². The monoisotopic (exact) mass is 453 g/mol. The number of carbonyl (C=O) groups is 2. The van der Waals surface area contributed by atoms with Gasteiger partial charge in [-0.1, -0.05) is 18.2 Å². The number of nitrogens with zero attached hydrogens (tertiary/aromatic N) is 3. The molecule has 0 unspecified atom stereocenters. The minimum atomic E-state index is -1.08. The normalized spacial score (nSPS) is 18.1. The highest BCUT2D eigenvalue weighted by atomic mass is 19.1. The van der Waals surface area contributed by atoms with Gasteiger partial charge in [-0.2, -0.15) is 0 Å². The minimum absolute atomic E-state index is 0.121. The summed E-state index contributed by atoms with van der Waals surface area (Å²) in [6.07, 6.45) is 0.562. The second-order valence-corrected chi connectivity index (χ2v) is 8.28. The van der Waals surface area contributed by atoms with Crippen LogP contribution >= 0.6 is 0 Å². The number of carbonyl (C=O) groups excluding carboxylic acids is 2. The van der Waals surface area contributed by atoms with Gasteiger partial charge in [0.05, 0.1) is 17.1 Å². The van der Waals surface area contributed by atoms with Crippen molar-refractivity contribution in [3.8, 4) is 0 Å². The number of amides is 1. The van der Waals surface area contributed by atoms with Crippen molar-refractivity contribution >= 4 is 28.5 Å². The Balaban J connectivity index is 1.85. The van der Waals surface area contributed by atoms with E-state index in [4.69, 9.17) is 4.42 Å². The molecule has 0 bridgehead atoms. The van der Waals surface area contributed by atoms with Crippen LogP contribution in [0.2, 0.25) is 0 Å². The summed E-state index contributed by atoms with van der Waals surface area (Å²) in [6.45, 7) is 0.877. The van der Waals surface area contributed by atoms with Gasteiger partial charge in [0.25, 0.3) is 11.7 Å². The van der Waals surface area contributed by atoms with E-state index in [1.54, 1.807) is 19.2 Å². The largest absolute Gasteiger partial charge is 0.507 e. The molecule has 1 aliphatic heterocycles. The first-order valence-corrected chi connectivity index (χ1v) is 10.5. The summed E-state index contributed by atoms with van der Waals surface area (Å²) in [6, 6.07) is 9.31. The first kappa shape index (κ1) is 22.5. The summed E-state index contributed by atoms with van der Waals surface area (Å²) in [4.78, 5) is 41.0. The van der Waals surface area contributed by atoms with Crippen LogP contribution in [0.5, 0.6) is 0 Å². The zero-order valence-corrected chi connectivity index (χ0v) is 18.5. The van der Waals surface area contributed by atoms with Gasteiger partial charge in [0, 0.05) is 24.7 Å². The third kappa shape index (κ3) is 3.95.